The molecule has 6 rings (SSSR count). The lowest BCUT2D eigenvalue weighted by Gasteiger charge is -2.33. The van der Waals surface area contributed by atoms with Gasteiger partial charge < -0.3 is 23.8 Å². The van der Waals surface area contributed by atoms with Gasteiger partial charge in [-0.1, -0.05) is 26.0 Å². The van der Waals surface area contributed by atoms with Crippen molar-refractivity contribution in [2.75, 3.05) is 44.9 Å². The zero-order valence-electron chi connectivity index (χ0n) is 23.7. The minimum atomic E-state index is 0.172. The molecule has 2 aromatic carbocycles. The molecule has 0 saturated carbocycles. The van der Waals surface area contributed by atoms with Crippen molar-refractivity contribution >= 4 is 17.7 Å². The summed E-state index contributed by atoms with van der Waals surface area (Å²) >= 11 is 0. The van der Waals surface area contributed by atoms with Gasteiger partial charge in [-0.2, -0.15) is 0 Å². The fraction of sp³-hybridized carbons (Fsp3) is 0.438. The molecule has 2 aliphatic heterocycles. The van der Waals surface area contributed by atoms with Gasteiger partial charge >= 0.3 is 0 Å². The van der Waals surface area contributed by atoms with Crippen molar-refractivity contribution < 1.29 is 14.3 Å². The molecule has 1 aliphatic carbocycles. The summed E-state index contributed by atoms with van der Waals surface area (Å²) in [4.78, 5) is 22.5. The van der Waals surface area contributed by atoms with E-state index in [1.165, 1.54) is 16.8 Å². The molecule has 0 spiro atoms. The van der Waals surface area contributed by atoms with E-state index < -0.39 is 0 Å². The molecule has 39 heavy (non-hydrogen) atoms. The molecule has 206 valence electrons. The van der Waals surface area contributed by atoms with Gasteiger partial charge in [0.1, 0.15) is 5.75 Å². The van der Waals surface area contributed by atoms with Gasteiger partial charge in [-0.25, -0.2) is 4.98 Å². The molecule has 1 unspecified atom stereocenters. The Kier molecular flexibility index (Phi) is 8.36. The van der Waals surface area contributed by atoms with Crippen molar-refractivity contribution in [1.82, 2.24) is 14.5 Å². The first-order valence-corrected chi connectivity index (χ1v) is 14.2. The van der Waals surface area contributed by atoms with Crippen molar-refractivity contribution in [2.45, 2.75) is 52.5 Å². The van der Waals surface area contributed by atoms with Crippen LogP contribution in [0.15, 0.2) is 54.5 Å². The molecule has 0 radical (unpaired) electrons. The van der Waals surface area contributed by atoms with Crippen LogP contribution in [0.5, 0.6) is 5.75 Å². The molecule has 7 heteroatoms. The van der Waals surface area contributed by atoms with E-state index in [9.17, 15) is 4.79 Å². The van der Waals surface area contributed by atoms with Crippen molar-refractivity contribution in [1.29, 1.82) is 0 Å². The maximum Gasteiger partial charge on any atom is 0.250 e. The molecule has 0 bridgehead atoms. The standard InChI is InChI=1S/C30H34N4O3.C2H6/c1-21-19-33(20-31-21)28-8-5-22(15-29(28)36-2)14-24-4-3-9-34(30(24)35)27-16-23-6-7-26(17-25(23)18-27)32-10-12-37-13-11-32;1-2/h5-8,14-15,17,19-20,27H,3-4,9-13,16,18H2,1-2H3;1-2H3/b24-14+;. The summed E-state index contributed by atoms with van der Waals surface area (Å²) in [7, 11) is 1.68. The number of likely N-dealkylation sites (tertiary alicyclic amines) is 1. The molecule has 3 heterocycles. The van der Waals surface area contributed by atoms with Crippen LogP contribution in [0.4, 0.5) is 5.69 Å². The normalized spacial score (nSPS) is 20.1. The van der Waals surface area contributed by atoms with Crippen molar-refractivity contribution in [3.05, 3.63) is 76.9 Å². The zero-order chi connectivity index (χ0) is 27.4. The summed E-state index contributed by atoms with van der Waals surface area (Å²) in [5, 5.41) is 0. The number of carbonyl (C=O) groups excluding carboxylic acids is 1. The number of piperidine rings is 1. The molecule has 3 aliphatic rings. The topological polar surface area (TPSA) is 59.8 Å². The molecule has 0 N–H and O–H groups in total. The highest BCUT2D eigenvalue weighted by molar-refractivity contribution is 5.99. The number of hydrogen-bond donors (Lipinski definition) is 0. The van der Waals surface area contributed by atoms with E-state index in [2.05, 4.69) is 33.0 Å². The van der Waals surface area contributed by atoms with Gasteiger partial charge in [-0.3, -0.25) is 4.79 Å². The zero-order valence-corrected chi connectivity index (χ0v) is 23.7. The Balaban J connectivity index is 0.00000151. The number of hydrogen-bond acceptors (Lipinski definition) is 5. The van der Waals surface area contributed by atoms with E-state index >= 15 is 0 Å². The van der Waals surface area contributed by atoms with Gasteiger partial charge in [-0.05, 0) is 79.6 Å². The summed E-state index contributed by atoms with van der Waals surface area (Å²) < 4.78 is 13.1. The quantitative estimate of drug-likeness (QED) is 0.425. The van der Waals surface area contributed by atoms with E-state index in [0.717, 1.165) is 86.8 Å². The Morgan fingerprint density at radius 2 is 1.82 bits per heavy atom. The Hall–Kier alpha value is -3.58. The second-order valence-electron chi connectivity index (χ2n) is 10.2. The minimum absolute atomic E-state index is 0.172. The first kappa shape index (κ1) is 27.0. The number of ether oxygens (including phenoxy) is 2. The molecule has 1 aromatic heterocycles. The predicted molar refractivity (Wildman–Crippen MR) is 156 cm³/mol. The van der Waals surface area contributed by atoms with Crippen LogP contribution in [0.25, 0.3) is 11.8 Å². The smallest absolute Gasteiger partial charge is 0.250 e. The molecule has 1 amide bonds. The Morgan fingerprint density at radius 1 is 1.03 bits per heavy atom. The monoisotopic (exact) mass is 528 g/mol. The molecule has 1 atom stereocenters. The summed E-state index contributed by atoms with van der Waals surface area (Å²) in [6.45, 7) is 10.2. The van der Waals surface area contributed by atoms with Crippen LogP contribution < -0.4 is 9.64 Å². The highest BCUT2D eigenvalue weighted by atomic mass is 16.5. The average Bonchev–Trinajstić information content (AvgIpc) is 3.61. The first-order chi connectivity index (χ1) is 19.1. The van der Waals surface area contributed by atoms with E-state index in [1.54, 1.807) is 13.4 Å². The van der Waals surface area contributed by atoms with Crippen LogP contribution in [0.3, 0.4) is 0 Å². The molecule has 2 saturated heterocycles. The van der Waals surface area contributed by atoms with E-state index in [4.69, 9.17) is 9.47 Å². The fourth-order valence-corrected chi connectivity index (χ4v) is 5.89. The largest absolute Gasteiger partial charge is 0.495 e. The van der Waals surface area contributed by atoms with E-state index in [-0.39, 0.29) is 11.9 Å². The van der Waals surface area contributed by atoms with Crippen molar-refractivity contribution in [3.63, 3.8) is 0 Å². The van der Waals surface area contributed by atoms with Gasteiger partial charge in [0.15, 0.2) is 0 Å². The first-order valence-electron chi connectivity index (χ1n) is 14.2. The minimum Gasteiger partial charge on any atom is -0.495 e. The van der Waals surface area contributed by atoms with Crippen LogP contribution >= 0.6 is 0 Å². The third-order valence-corrected chi connectivity index (χ3v) is 7.83. The van der Waals surface area contributed by atoms with E-state index in [0.29, 0.717) is 0 Å². The third kappa shape index (κ3) is 5.74. The number of anilines is 1. The second-order valence-corrected chi connectivity index (χ2v) is 10.2. The number of amides is 1. The summed E-state index contributed by atoms with van der Waals surface area (Å²) in [6.07, 6.45) is 9.47. The maximum atomic E-state index is 13.6. The van der Waals surface area contributed by atoms with Crippen LogP contribution in [0.1, 0.15) is 49.1 Å². The van der Waals surface area contributed by atoms with Gasteiger partial charge in [0.2, 0.25) is 5.91 Å². The van der Waals surface area contributed by atoms with Crippen LogP contribution in [0, 0.1) is 6.92 Å². The number of carbonyl (C=O) groups is 1. The van der Waals surface area contributed by atoms with E-state index in [1.807, 2.05) is 55.8 Å². The van der Waals surface area contributed by atoms with Crippen LogP contribution in [-0.2, 0) is 22.4 Å². The summed E-state index contributed by atoms with van der Waals surface area (Å²) in [5.74, 6) is 0.930. The van der Waals surface area contributed by atoms with Gasteiger partial charge in [0.25, 0.3) is 0 Å². The Morgan fingerprint density at radius 3 is 2.56 bits per heavy atom. The number of benzene rings is 2. The van der Waals surface area contributed by atoms with Gasteiger partial charge in [-0.15, -0.1) is 0 Å². The molecule has 3 aromatic rings. The highest BCUT2D eigenvalue weighted by Crippen LogP contribution is 2.33. The number of fused-ring (bicyclic) bond motifs is 1. The van der Waals surface area contributed by atoms with Crippen LogP contribution in [-0.4, -0.2) is 66.4 Å². The number of nitrogens with zero attached hydrogens (tertiary/aromatic N) is 4. The SMILES string of the molecule is CC.COc1cc(/C=C2\CCCN(C3Cc4ccc(N5CCOCC5)cc4C3)C2=O)ccc1-n1cnc(C)c1. The Labute approximate surface area is 232 Å². The fourth-order valence-electron chi connectivity index (χ4n) is 5.89. The van der Waals surface area contributed by atoms with Crippen molar-refractivity contribution in [2.24, 2.45) is 0 Å². The number of imidazole rings is 1. The average molecular weight is 529 g/mol. The second kappa shape index (κ2) is 12.1. The number of aromatic nitrogens is 2. The highest BCUT2D eigenvalue weighted by Gasteiger charge is 2.33. The third-order valence-electron chi connectivity index (χ3n) is 7.83. The Bertz CT molecular complexity index is 1340. The molecule has 2 fully saturated rings. The predicted octanol–water partition coefficient (Wildman–Crippen LogP) is 5.23. The molecular weight excluding hydrogens is 488 g/mol. The van der Waals surface area contributed by atoms with Crippen LogP contribution in [0.2, 0.25) is 0 Å². The summed E-state index contributed by atoms with van der Waals surface area (Å²) in [6, 6.07) is 13.1. The number of morpholine rings is 1. The van der Waals surface area contributed by atoms with Gasteiger partial charge in [0.05, 0.1) is 38.0 Å². The number of rotatable bonds is 5. The number of aryl methyl sites for hydroxylation is 1. The van der Waals surface area contributed by atoms with Crippen molar-refractivity contribution in [3.8, 4) is 11.4 Å². The van der Waals surface area contributed by atoms with Gasteiger partial charge in [0, 0.05) is 43.1 Å². The summed E-state index contributed by atoms with van der Waals surface area (Å²) in [5.41, 5.74) is 7.77. The number of methoxy groups -OCH3 is 1. The molecule has 7 nitrogen and oxygen atoms in total. The maximum absolute atomic E-state index is 13.6. The molecular formula is C32H40N4O3. The lowest BCUT2D eigenvalue weighted by Crippen LogP contribution is -2.44. The lowest BCUT2D eigenvalue weighted by molar-refractivity contribution is -0.130. The lowest BCUT2D eigenvalue weighted by atomic mass is 9.98.